The first-order valence-corrected chi connectivity index (χ1v) is 10.7. The number of fused-ring (bicyclic) bond motifs is 1. The molecule has 2 heterocycles. The van der Waals surface area contributed by atoms with Crippen LogP contribution in [0.25, 0.3) is 22.2 Å². The predicted molar refractivity (Wildman–Crippen MR) is 121 cm³/mol. The summed E-state index contributed by atoms with van der Waals surface area (Å²) in [7, 11) is 0. The van der Waals surface area contributed by atoms with Gasteiger partial charge in [-0.15, -0.1) is 0 Å². The van der Waals surface area contributed by atoms with Crippen LogP contribution in [0.1, 0.15) is 5.56 Å². The number of carbonyl (C=O) groups is 1. The molecule has 2 aromatic heterocycles. The number of hydrogen-bond acceptors (Lipinski definition) is 7. The number of rotatable bonds is 7. The summed E-state index contributed by atoms with van der Waals surface area (Å²) in [6.45, 7) is -1.07. The smallest absolute Gasteiger partial charge is 0.387 e. The third-order valence-corrected chi connectivity index (χ3v) is 5.44. The Bertz CT molecular complexity index is 1360. The van der Waals surface area contributed by atoms with E-state index in [4.69, 9.17) is 4.42 Å². The first kappa shape index (κ1) is 22.4. The van der Waals surface area contributed by atoms with Gasteiger partial charge in [0.15, 0.2) is 5.16 Å². The monoisotopic (exact) mass is 469 g/mol. The number of aromatic nitrogens is 2. The van der Waals surface area contributed by atoms with Gasteiger partial charge in [-0.3, -0.25) is 4.79 Å². The number of hydrogen-bond donors (Lipinski definition) is 1. The molecule has 1 N–H and O–H groups in total. The molecule has 0 atom stereocenters. The molecule has 0 unspecified atom stereocenters. The molecule has 2 aromatic carbocycles. The van der Waals surface area contributed by atoms with E-state index in [1.54, 1.807) is 42.6 Å². The Morgan fingerprint density at radius 2 is 1.94 bits per heavy atom. The molecule has 168 valence electrons. The van der Waals surface area contributed by atoms with Gasteiger partial charge >= 0.3 is 12.2 Å². The van der Waals surface area contributed by atoms with Crippen molar-refractivity contribution in [3.63, 3.8) is 0 Å². The standard InChI is InChI=1S/C23H17F2N3O4S/c1-13-10-21(30)32-19-11-15(4-7-17(13)19)27-20(29)12-33-23-26-9-8-18(28-23)14-2-5-16(6-3-14)31-22(24)25/h2-11,22H,12H2,1H3,(H,27,29). The van der Waals surface area contributed by atoms with E-state index >= 15 is 0 Å². The van der Waals surface area contributed by atoms with Crippen LogP contribution in [0.4, 0.5) is 14.5 Å². The fourth-order valence-corrected chi connectivity index (χ4v) is 3.74. The molecule has 4 aromatic rings. The molecule has 0 aliphatic heterocycles. The number of aryl methyl sites for hydroxylation is 1. The minimum absolute atomic E-state index is 0.0530. The number of carbonyl (C=O) groups excluding carboxylic acids is 1. The molecular weight excluding hydrogens is 452 g/mol. The highest BCUT2D eigenvalue weighted by molar-refractivity contribution is 7.99. The number of ether oxygens (including phenoxy) is 1. The molecule has 0 saturated heterocycles. The summed E-state index contributed by atoms with van der Waals surface area (Å²) >= 11 is 1.15. The molecular formula is C23H17F2N3O4S. The van der Waals surface area contributed by atoms with E-state index in [2.05, 4.69) is 20.0 Å². The second kappa shape index (κ2) is 9.78. The molecule has 0 fully saturated rings. The molecule has 33 heavy (non-hydrogen) atoms. The van der Waals surface area contributed by atoms with Crippen LogP contribution in [0.5, 0.6) is 5.75 Å². The van der Waals surface area contributed by atoms with E-state index in [1.807, 2.05) is 6.92 Å². The second-order valence-corrected chi connectivity index (χ2v) is 7.87. The maximum absolute atomic E-state index is 12.4. The lowest BCUT2D eigenvalue weighted by atomic mass is 10.1. The van der Waals surface area contributed by atoms with E-state index < -0.39 is 12.2 Å². The third-order valence-electron chi connectivity index (χ3n) is 4.58. The molecule has 7 nitrogen and oxygen atoms in total. The molecule has 0 spiro atoms. The minimum Gasteiger partial charge on any atom is -0.435 e. The number of thioether (sulfide) groups is 1. The third kappa shape index (κ3) is 5.72. The molecule has 1 amide bonds. The Labute approximate surface area is 190 Å². The van der Waals surface area contributed by atoms with E-state index in [1.165, 1.54) is 18.2 Å². The summed E-state index contributed by atoms with van der Waals surface area (Å²) in [4.78, 5) is 32.5. The Morgan fingerprint density at radius 3 is 2.70 bits per heavy atom. The van der Waals surface area contributed by atoms with Gasteiger partial charge in [-0.25, -0.2) is 14.8 Å². The second-order valence-electron chi connectivity index (χ2n) is 6.92. The lowest BCUT2D eigenvalue weighted by Crippen LogP contribution is -2.14. The quantitative estimate of drug-likeness (QED) is 0.234. The van der Waals surface area contributed by atoms with E-state index in [0.717, 1.165) is 22.7 Å². The topological polar surface area (TPSA) is 94.3 Å². The fraction of sp³-hybridized carbons (Fsp3) is 0.130. The van der Waals surface area contributed by atoms with Gasteiger partial charge in [0.1, 0.15) is 11.3 Å². The predicted octanol–water partition coefficient (Wildman–Crippen LogP) is 4.89. The van der Waals surface area contributed by atoms with E-state index in [0.29, 0.717) is 27.7 Å². The maximum atomic E-state index is 12.4. The minimum atomic E-state index is -2.89. The van der Waals surface area contributed by atoms with E-state index in [-0.39, 0.29) is 17.4 Å². The average molecular weight is 469 g/mol. The summed E-state index contributed by atoms with van der Waals surface area (Å²) in [5.74, 6) is -0.172. The van der Waals surface area contributed by atoms with Gasteiger partial charge in [0.05, 0.1) is 11.4 Å². The van der Waals surface area contributed by atoms with Crippen molar-refractivity contribution in [3.05, 3.63) is 76.8 Å². The number of nitrogens with one attached hydrogen (secondary N) is 1. The van der Waals surface area contributed by atoms with Gasteiger partial charge in [0.25, 0.3) is 0 Å². The van der Waals surface area contributed by atoms with Crippen molar-refractivity contribution in [2.75, 3.05) is 11.1 Å². The average Bonchev–Trinajstić information content (AvgIpc) is 2.78. The summed E-state index contributed by atoms with van der Waals surface area (Å²) in [5, 5.41) is 3.94. The zero-order chi connectivity index (χ0) is 23.4. The van der Waals surface area contributed by atoms with Gasteiger partial charge in [0.2, 0.25) is 5.91 Å². The van der Waals surface area contributed by atoms with Crippen molar-refractivity contribution in [1.82, 2.24) is 9.97 Å². The van der Waals surface area contributed by atoms with Gasteiger partial charge in [0, 0.05) is 35.0 Å². The van der Waals surface area contributed by atoms with Crippen LogP contribution in [0.3, 0.4) is 0 Å². The lowest BCUT2D eigenvalue weighted by Gasteiger charge is -2.08. The largest absolute Gasteiger partial charge is 0.435 e. The number of halogens is 2. The van der Waals surface area contributed by atoms with Crippen molar-refractivity contribution >= 4 is 34.3 Å². The van der Waals surface area contributed by atoms with Crippen molar-refractivity contribution in [2.45, 2.75) is 18.7 Å². The summed E-state index contributed by atoms with van der Waals surface area (Å²) < 4.78 is 34.1. The van der Waals surface area contributed by atoms with Crippen LogP contribution in [-0.4, -0.2) is 28.2 Å². The molecule has 0 bridgehead atoms. The van der Waals surface area contributed by atoms with Crippen molar-refractivity contribution in [2.24, 2.45) is 0 Å². The van der Waals surface area contributed by atoms with Gasteiger partial charge < -0.3 is 14.5 Å². The Morgan fingerprint density at radius 1 is 1.15 bits per heavy atom. The maximum Gasteiger partial charge on any atom is 0.387 e. The van der Waals surface area contributed by atoms with Crippen LogP contribution in [0.15, 0.2) is 75.2 Å². The lowest BCUT2D eigenvalue weighted by molar-refractivity contribution is -0.113. The molecule has 4 rings (SSSR count). The molecule has 0 saturated carbocycles. The van der Waals surface area contributed by atoms with Crippen LogP contribution in [0, 0.1) is 6.92 Å². The number of benzene rings is 2. The number of anilines is 1. The van der Waals surface area contributed by atoms with Crippen molar-refractivity contribution in [1.29, 1.82) is 0 Å². The first-order valence-electron chi connectivity index (χ1n) is 9.73. The molecule has 0 radical (unpaired) electrons. The van der Waals surface area contributed by atoms with Gasteiger partial charge in [-0.2, -0.15) is 8.78 Å². The number of alkyl halides is 2. The summed E-state index contributed by atoms with van der Waals surface area (Å²) in [6, 6.07) is 14.3. The molecule has 0 aliphatic carbocycles. The van der Waals surface area contributed by atoms with Gasteiger partial charge in [-0.1, -0.05) is 11.8 Å². The summed E-state index contributed by atoms with van der Waals surface area (Å²) in [5.41, 5.74) is 2.51. The van der Waals surface area contributed by atoms with Crippen LogP contribution >= 0.6 is 11.8 Å². The van der Waals surface area contributed by atoms with Crippen molar-refractivity contribution < 1.29 is 22.7 Å². The van der Waals surface area contributed by atoms with Crippen LogP contribution in [0.2, 0.25) is 0 Å². The Kier molecular flexibility index (Phi) is 6.64. The highest BCUT2D eigenvalue weighted by Gasteiger charge is 2.10. The van der Waals surface area contributed by atoms with Crippen LogP contribution < -0.4 is 15.7 Å². The van der Waals surface area contributed by atoms with Crippen molar-refractivity contribution in [3.8, 4) is 17.0 Å². The highest BCUT2D eigenvalue weighted by atomic mass is 32.2. The first-order chi connectivity index (χ1) is 15.9. The molecule has 10 heteroatoms. The SMILES string of the molecule is Cc1cc(=O)oc2cc(NC(=O)CSc3nccc(-c4ccc(OC(F)F)cc4)n3)ccc12. The molecule has 0 aliphatic rings. The number of nitrogens with zero attached hydrogens (tertiary/aromatic N) is 2. The fourth-order valence-electron chi connectivity index (χ4n) is 3.11. The Balaban J connectivity index is 1.39. The zero-order valence-corrected chi connectivity index (χ0v) is 18.1. The normalized spacial score (nSPS) is 11.0. The summed E-state index contributed by atoms with van der Waals surface area (Å²) in [6.07, 6.45) is 1.56. The van der Waals surface area contributed by atoms with Gasteiger partial charge in [-0.05, 0) is 55.0 Å². The zero-order valence-electron chi connectivity index (χ0n) is 17.2. The van der Waals surface area contributed by atoms with E-state index in [9.17, 15) is 18.4 Å². The van der Waals surface area contributed by atoms with Crippen LogP contribution in [-0.2, 0) is 4.79 Å². The number of amides is 1. The Hall–Kier alpha value is -3.79. The highest BCUT2D eigenvalue weighted by Crippen LogP contribution is 2.24.